The zero-order valence-electron chi connectivity index (χ0n) is 15.6. The summed E-state index contributed by atoms with van der Waals surface area (Å²) < 4.78 is 31.8. The number of nitrogens with zero attached hydrogens (tertiary/aromatic N) is 3. The number of halogens is 2. The van der Waals surface area contributed by atoms with Gasteiger partial charge in [-0.15, -0.1) is 0 Å². The fourth-order valence-corrected chi connectivity index (χ4v) is 4.25. The molecule has 1 aromatic carbocycles. The second-order valence-corrected chi connectivity index (χ2v) is 7.59. The zero-order chi connectivity index (χ0) is 19.9. The average Bonchev–Trinajstić information content (AvgIpc) is 3.29. The maximum Gasteiger partial charge on any atom is 0.276 e. The Bertz CT molecular complexity index is 929. The van der Waals surface area contributed by atoms with Gasteiger partial charge in [0.05, 0.1) is 5.41 Å². The molecule has 2 saturated heterocycles. The van der Waals surface area contributed by atoms with Gasteiger partial charge >= 0.3 is 0 Å². The lowest BCUT2D eigenvalue weighted by atomic mass is 9.78. The van der Waals surface area contributed by atoms with Crippen LogP contribution in [0, 0.1) is 24.0 Å². The summed E-state index contributed by atoms with van der Waals surface area (Å²) >= 11 is 0. The first-order valence-electron chi connectivity index (χ1n) is 9.32. The van der Waals surface area contributed by atoms with Crippen LogP contribution in [0.15, 0.2) is 29.0 Å². The van der Waals surface area contributed by atoms with E-state index in [1.807, 2.05) is 0 Å². The van der Waals surface area contributed by atoms with Crippen molar-refractivity contribution in [3.8, 4) is 0 Å². The second-order valence-electron chi connectivity index (χ2n) is 7.59. The van der Waals surface area contributed by atoms with Gasteiger partial charge in [0.2, 0.25) is 5.91 Å². The summed E-state index contributed by atoms with van der Waals surface area (Å²) in [6.45, 7) is 3.30. The third kappa shape index (κ3) is 3.16. The topological polar surface area (TPSA) is 66.7 Å². The van der Waals surface area contributed by atoms with Crippen molar-refractivity contribution >= 4 is 11.8 Å². The van der Waals surface area contributed by atoms with E-state index in [4.69, 9.17) is 4.42 Å². The van der Waals surface area contributed by atoms with Crippen LogP contribution in [0.1, 0.15) is 41.1 Å². The van der Waals surface area contributed by atoms with E-state index in [2.05, 4.69) is 4.98 Å². The number of hydrogen-bond donors (Lipinski definition) is 0. The van der Waals surface area contributed by atoms with Crippen LogP contribution in [0.3, 0.4) is 0 Å². The van der Waals surface area contributed by atoms with E-state index in [1.165, 1.54) is 12.5 Å². The smallest absolute Gasteiger partial charge is 0.276 e. The highest BCUT2D eigenvalue weighted by molar-refractivity contribution is 5.94. The van der Waals surface area contributed by atoms with Gasteiger partial charge in [0.15, 0.2) is 23.7 Å². The number of oxazole rings is 1. The first kappa shape index (κ1) is 18.6. The van der Waals surface area contributed by atoms with Crippen LogP contribution in [0.5, 0.6) is 0 Å². The molecule has 0 radical (unpaired) electrons. The van der Waals surface area contributed by atoms with Crippen LogP contribution in [0.4, 0.5) is 8.78 Å². The van der Waals surface area contributed by atoms with Gasteiger partial charge in [-0.1, -0.05) is 6.07 Å². The Morgan fingerprint density at radius 2 is 2.07 bits per heavy atom. The quantitative estimate of drug-likeness (QED) is 0.810. The molecule has 28 heavy (non-hydrogen) atoms. The highest BCUT2D eigenvalue weighted by Crippen LogP contribution is 2.41. The Kier molecular flexibility index (Phi) is 4.64. The Labute approximate surface area is 161 Å². The van der Waals surface area contributed by atoms with Gasteiger partial charge in [0.25, 0.3) is 5.91 Å². The summed E-state index contributed by atoms with van der Waals surface area (Å²) in [5, 5.41) is 0. The van der Waals surface area contributed by atoms with E-state index in [1.54, 1.807) is 16.7 Å². The van der Waals surface area contributed by atoms with Crippen LogP contribution >= 0.6 is 0 Å². The fraction of sp³-hybridized carbons (Fsp3) is 0.450. The zero-order valence-corrected chi connectivity index (χ0v) is 15.6. The predicted octanol–water partition coefficient (Wildman–Crippen LogP) is 2.92. The monoisotopic (exact) mass is 389 g/mol. The standard InChI is InChI=1S/C20H21F2N3O3/c1-13-17(23-12-28-13)18(26)25-8-6-20(11-25)5-2-7-24(19(20)27)10-14-3-4-15(21)16(22)9-14/h3-4,9,12H,2,5-8,10-11H2,1H3/t20-/m0/s1. The van der Waals surface area contributed by atoms with E-state index < -0.39 is 17.0 Å². The lowest BCUT2D eigenvalue weighted by Gasteiger charge is -2.39. The first-order valence-corrected chi connectivity index (χ1v) is 9.32. The summed E-state index contributed by atoms with van der Waals surface area (Å²) in [7, 11) is 0. The number of carbonyl (C=O) groups is 2. The van der Waals surface area contributed by atoms with Gasteiger partial charge < -0.3 is 14.2 Å². The van der Waals surface area contributed by atoms with Crippen molar-refractivity contribution < 1.29 is 22.8 Å². The minimum absolute atomic E-state index is 0.0318. The minimum Gasteiger partial charge on any atom is -0.448 e. The van der Waals surface area contributed by atoms with Crippen LogP contribution in [0.25, 0.3) is 0 Å². The minimum atomic E-state index is -0.919. The molecule has 3 heterocycles. The SMILES string of the molecule is Cc1ocnc1C(=O)N1CC[C@@]2(CCCN(Cc3ccc(F)c(F)c3)C2=O)C1. The normalized spacial score (nSPS) is 22.3. The molecule has 1 spiro atoms. The van der Waals surface area contributed by atoms with Crippen molar-refractivity contribution in [3.63, 3.8) is 0 Å². The summed E-state index contributed by atoms with van der Waals surface area (Å²) in [6, 6.07) is 3.69. The van der Waals surface area contributed by atoms with Gasteiger partial charge in [-0.05, 0) is 43.9 Å². The van der Waals surface area contributed by atoms with Crippen molar-refractivity contribution in [2.24, 2.45) is 5.41 Å². The summed E-state index contributed by atoms with van der Waals surface area (Å²) in [6.07, 6.45) is 3.34. The van der Waals surface area contributed by atoms with Crippen molar-refractivity contribution in [2.45, 2.75) is 32.7 Å². The van der Waals surface area contributed by atoms with Crippen LogP contribution < -0.4 is 0 Å². The fourth-order valence-electron chi connectivity index (χ4n) is 4.25. The molecule has 2 fully saturated rings. The Hall–Kier alpha value is -2.77. The molecule has 0 bridgehead atoms. The van der Waals surface area contributed by atoms with Gasteiger partial charge in [-0.3, -0.25) is 9.59 Å². The van der Waals surface area contributed by atoms with E-state index in [9.17, 15) is 18.4 Å². The molecule has 0 saturated carbocycles. The molecule has 2 aliphatic heterocycles. The largest absolute Gasteiger partial charge is 0.448 e. The van der Waals surface area contributed by atoms with Crippen molar-refractivity contribution in [1.82, 2.24) is 14.8 Å². The lowest BCUT2D eigenvalue weighted by molar-refractivity contribution is -0.146. The van der Waals surface area contributed by atoms with E-state index in [-0.39, 0.29) is 24.1 Å². The van der Waals surface area contributed by atoms with Gasteiger partial charge in [-0.25, -0.2) is 13.8 Å². The number of aromatic nitrogens is 1. The number of piperidine rings is 1. The van der Waals surface area contributed by atoms with Gasteiger partial charge in [0, 0.05) is 26.2 Å². The summed E-state index contributed by atoms with van der Waals surface area (Å²) in [5.74, 6) is -1.62. The molecule has 4 rings (SSSR count). The molecule has 0 unspecified atom stereocenters. The molecule has 2 amide bonds. The van der Waals surface area contributed by atoms with Crippen molar-refractivity contribution in [3.05, 3.63) is 53.2 Å². The van der Waals surface area contributed by atoms with E-state index in [0.29, 0.717) is 43.8 Å². The molecule has 0 N–H and O–H groups in total. The Balaban J connectivity index is 1.49. The number of benzene rings is 1. The molecule has 148 valence electrons. The number of aryl methyl sites for hydroxylation is 1. The van der Waals surface area contributed by atoms with Crippen LogP contribution in [-0.4, -0.2) is 46.2 Å². The Morgan fingerprint density at radius 1 is 1.25 bits per heavy atom. The number of hydrogen-bond acceptors (Lipinski definition) is 4. The average molecular weight is 389 g/mol. The van der Waals surface area contributed by atoms with Crippen LogP contribution in [-0.2, 0) is 11.3 Å². The maximum atomic E-state index is 13.5. The van der Waals surface area contributed by atoms with Crippen LogP contribution in [0.2, 0.25) is 0 Å². The predicted molar refractivity (Wildman–Crippen MR) is 95.2 cm³/mol. The molecular formula is C20H21F2N3O3. The summed E-state index contributed by atoms with van der Waals surface area (Å²) in [5.41, 5.74) is 0.205. The van der Waals surface area contributed by atoms with Gasteiger partial charge in [0.1, 0.15) is 5.76 Å². The molecular weight excluding hydrogens is 368 g/mol. The Morgan fingerprint density at radius 3 is 2.79 bits per heavy atom. The molecule has 8 heteroatoms. The number of amides is 2. The molecule has 1 aromatic heterocycles. The number of carbonyl (C=O) groups excluding carboxylic acids is 2. The van der Waals surface area contributed by atoms with E-state index in [0.717, 1.165) is 18.6 Å². The molecule has 1 atom stereocenters. The highest BCUT2D eigenvalue weighted by atomic mass is 19.2. The molecule has 2 aliphatic rings. The third-order valence-electron chi connectivity index (χ3n) is 5.77. The number of rotatable bonds is 3. The maximum absolute atomic E-state index is 13.5. The first-order chi connectivity index (χ1) is 13.4. The summed E-state index contributed by atoms with van der Waals surface area (Å²) in [4.78, 5) is 33.2. The van der Waals surface area contributed by atoms with E-state index >= 15 is 0 Å². The molecule has 0 aliphatic carbocycles. The lowest BCUT2D eigenvalue weighted by Crippen LogP contribution is -2.50. The van der Waals surface area contributed by atoms with Crippen molar-refractivity contribution in [1.29, 1.82) is 0 Å². The third-order valence-corrected chi connectivity index (χ3v) is 5.77. The molecule has 6 nitrogen and oxygen atoms in total. The highest BCUT2D eigenvalue weighted by Gasteiger charge is 2.49. The number of likely N-dealkylation sites (tertiary alicyclic amines) is 2. The van der Waals surface area contributed by atoms with Crippen molar-refractivity contribution in [2.75, 3.05) is 19.6 Å². The van der Waals surface area contributed by atoms with Gasteiger partial charge in [-0.2, -0.15) is 0 Å². The molecule has 2 aromatic rings. The second kappa shape index (κ2) is 7.00.